The Bertz CT molecular complexity index is 1710. The molecule has 0 unspecified atom stereocenters. The molecule has 3 aromatic carbocycles. The lowest BCUT2D eigenvalue weighted by Crippen LogP contribution is -2.27. The Hall–Kier alpha value is -5.58. The van der Waals surface area contributed by atoms with Gasteiger partial charge in [-0.3, -0.25) is 4.79 Å². The predicted molar refractivity (Wildman–Crippen MR) is 164 cm³/mol. The molecule has 0 aliphatic heterocycles. The zero-order chi connectivity index (χ0) is 31.0. The Labute approximate surface area is 249 Å². The van der Waals surface area contributed by atoms with Crippen molar-refractivity contribution >= 4 is 29.2 Å². The second-order valence-electron chi connectivity index (χ2n) is 10.5. The minimum Gasteiger partial charge on any atom is -0.489 e. The number of imidazole rings is 1. The van der Waals surface area contributed by atoms with Crippen molar-refractivity contribution in [1.82, 2.24) is 14.6 Å². The summed E-state index contributed by atoms with van der Waals surface area (Å²) in [7, 11) is 0. The van der Waals surface area contributed by atoms with Crippen LogP contribution in [-0.4, -0.2) is 32.2 Å². The zero-order valence-corrected chi connectivity index (χ0v) is 24.4. The van der Waals surface area contributed by atoms with Gasteiger partial charge in [0.15, 0.2) is 5.65 Å². The summed E-state index contributed by atoms with van der Waals surface area (Å²) in [5.74, 6) is 1.66. The summed E-state index contributed by atoms with van der Waals surface area (Å²) in [6.45, 7) is 7.63. The van der Waals surface area contributed by atoms with Crippen LogP contribution in [0.25, 0.3) is 5.65 Å². The van der Waals surface area contributed by atoms with Gasteiger partial charge in [0.2, 0.25) is 5.88 Å². The third-order valence-electron chi connectivity index (χ3n) is 5.75. The molecule has 5 aromatic rings. The molecule has 5 N–H and O–H groups in total. The maximum absolute atomic E-state index is 13.0. The largest absolute Gasteiger partial charge is 0.489 e. The molecule has 0 radical (unpaired) electrons. The number of amides is 2. The fourth-order valence-electron chi connectivity index (χ4n) is 3.82. The SMILES string of the molecule is CC(C)(C)OC(N)=O.Cc1ccc(Oc2ccc3nc(N)cn3n2)cc1NC(=O)c1cccc(OCc2ccccc2)c1. The normalized spacial score (nSPS) is 10.8. The van der Waals surface area contributed by atoms with Crippen LogP contribution in [-0.2, 0) is 11.3 Å². The van der Waals surface area contributed by atoms with Crippen molar-refractivity contribution in [2.75, 3.05) is 11.1 Å². The first-order valence-electron chi connectivity index (χ1n) is 13.4. The number of nitrogens with zero attached hydrogens (tertiary/aromatic N) is 3. The lowest BCUT2D eigenvalue weighted by atomic mass is 10.1. The summed E-state index contributed by atoms with van der Waals surface area (Å²) in [4.78, 5) is 27.1. The minimum atomic E-state index is -0.725. The van der Waals surface area contributed by atoms with Gasteiger partial charge in [0.25, 0.3) is 5.91 Å². The molecule has 0 saturated heterocycles. The number of aromatic nitrogens is 3. The van der Waals surface area contributed by atoms with Crippen molar-refractivity contribution in [3.05, 3.63) is 108 Å². The maximum atomic E-state index is 13.0. The van der Waals surface area contributed by atoms with E-state index in [1.807, 2.05) is 55.5 Å². The monoisotopic (exact) mass is 582 g/mol. The molecule has 0 bridgehead atoms. The van der Waals surface area contributed by atoms with Gasteiger partial charge >= 0.3 is 6.09 Å². The van der Waals surface area contributed by atoms with Crippen LogP contribution >= 0.6 is 0 Å². The highest BCUT2D eigenvalue weighted by Crippen LogP contribution is 2.27. The first-order valence-corrected chi connectivity index (χ1v) is 13.4. The van der Waals surface area contributed by atoms with Gasteiger partial charge in [-0.15, -0.1) is 5.10 Å². The summed E-state index contributed by atoms with van der Waals surface area (Å²) >= 11 is 0. The number of nitrogen functional groups attached to an aromatic ring is 1. The highest BCUT2D eigenvalue weighted by atomic mass is 16.6. The fraction of sp³-hybridized carbons (Fsp3) is 0.188. The van der Waals surface area contributed by atoms with E-state index in [-0.39, 0.29) is 5.91 Å². The Morgan fingerprint density at radius 1 is 0.930 bits per heavy atom. The van der Waals surface area contributed by atoms with Gasteiger partial charge in [0.1, 0.15) is 29.5 Å². The third-order valence-corrected chi connectivity index (χ3v) is 5.75. The minimum absolute atomic E-state index is 0.246. The van der Waals surface area contributed by atoms with E-state index >= 15 is 0 Å². The average Bonchev–Trinajstić information content (AvgIpc) is 3.33. The van der Waals surface area contributed by atoms with Crippen LogP contribution < -0.4 is 26.3 Å². The second kappa shape index (κ2) is 13.4. The van der Waals surface area contributed by atoms with Crippen molar-refractivity contribution in [1.29, 1.82) is 0 Å². The number of hydrogen-bond donors (Lipinski definition) is 3. The summed E-state index contributed by atoms with van der Waals surface area (Å²) < 4.78 is 17.9. The van der Waals surface area contributed by atoms with E-state index in [0.717, 1.165) is 11.1 Å². The Morgan fingerprint density at radius 3 is 2.40 bits per heavy atom. The van der Waals surface area contributed by atoms with Crippen molar-refractivity contribution in [2.45, 2.75) is 39.9 Å². The molecule has 0 aliphatic carbocycles. The molecule has 2 amide bonds. The van der Waals surface area contributed by atoms with Crippen LogP contribution in [0, 0.1) is 6.92 Å². The van der Waals surface area contributed by atoms with Gasteiger partial charge in [0, 0.05) is 23.4 Å². The van der Waals surface area contributed by atoms with E-state index < -0.39 is 11.7 Å². The maximum Gasteiger partial charge on any atom is 0.405 e. The molecule has 5 rings (SSSR count). The van der Waals surface area contributed by atoms with Gasteiger partial charge < -0.3 is 31.0 Å². The summed E-state index contributed by atoms with van der Waals surface area (Å²) in [5, 5.41) is 7.31. The van der Waals surface area contributed by atoms with Crippen LogP contribution in [0.1, 0.15) is 42.3 Å². The predicted octanol–water partition coefficient (Wildman–Crippen LogP) is 6.12. The number of carbonyl (C=O) groups is 2. The quantitative estimate of drug-likeness (QED) is 0.207. The van der Waals surface area contributed by atoms with Crippen molar-refractivity contribution in [3.63, 3.8) is 0 Å². The molecule has 11 heteroatoms. The molecule has 2 aromatic heterocycles. The smallest absolute Gasteiger partial charge is 0.405 e. The number of primary amides is 1. The third kappa shape index (κ3) is 9.22. The lowest BCUT2D eigenvalue weighted by molar-refractivity contribution is 0.0600. The number of carbonyl (C=O) groups excluding carboxylic acids is 2. The number of ether oxygens (including phenoxy) is 3. The van der Waals surface area contributed by atoms with E-state index in [1.54, 1.807) is 67.9 Å². The number of hydrogen-bond acceptors (Lipinski definition) is 8. The summed E-state index contributed by atoms with van der Waals surface area (Å²) in [6.07, 6.45) is 0.887. The van der Waals surface area contributed by atoms with Gasteiger partial charge in [0.05, 0.1) is 6.20 Å². The Morgan fingerprint density at radius 2 is 1.70 bits per heavy atom. The first kappa shape index (κ1) is 30.4. The molecule has 11 nitrogen and oxygen atoms in total. The topological polar surface area (TPSA) is 156 Å². The van der Waals surface area contributed by atoms with Crippen LogP contribution in [0.15, 0.2) is 91.1 Å². The molecular formula is C32H34N6O5. The van der Waals surface area contributed by atoms with Gasteiger partial charge in [-0.2, -0.15) is 0 Å². The summed E-state index contributed by atoms with van der Waals surface area (Å²) in [6, 6.07) is 25.9. The molecule has 222 valence electrons. The number of nitrogens with one attached hydrogen (secondary N) is 1. The Balaban J connectivity index is 0.000000467. The standard InChI is InChI=1S/C27H23N5O3.C5H11NO2/c1-18-10-11-22(35-26-13-12-25-30-24(28)16-32(25)31-26)15-23(18)29-27(33)20-8-5-9-21(14-20)34-17-19-6-3-2-4-7-19;1-5(2,3)8-4(6)7/h2-16H,17,28H2,1H3,(H,29,33);1-3H3,(H2,6,7). The Kier molecular flexibility index (Phi) is 9.46. The van der Waals surface area contributed by atoms with Gasteiger partial charge in [-0.25, -0.2) is 14.3 Å². The average molecular weight is 583 g/mol. The molecule has 43 heavy (non-hydrogen) atoms. The number of fused-ring (bicyclic) bond motifs is 1. The lowest BCUT2D eigenvalue weighted by Gasteiger charge is -2.16. The zero-order valence-electron chi connectivity index (χ0n) is 24.4. The summed E-state index contributed by atoms with van der Waals surface area (Å²) in [5.41, 5.74) is 13.7. The molecule has 0 atom stereocenters. The van der Waals surface area contributed by atoms with E-state index in [4.69, 9.17) is 20.9 Å². The highest BCUT2D eigenvalue weighted by molar-refractivity contribution is 6.05. The van der Waals surface area contributed by atoms with E-state index in [0.29, 0.717) is 46.7 Å². The van der Waals surface area contributed by atoms with E-state index in [1.165, 1.54) is 0 Å². The first-order chi connectivity index (χ1) is 20.4. The molecule has 0 aliphatic rings. The van der Waals surface area contributed by atoms with Crippen LogP contribution in [0.4, 0.5) is 16.3 Å². The van der Waals surface area contributed by atoms with Crippen LogP contribution in [0.5, 0.6) is 17.4 Å². The van der Waals surface area contributed by atoms with Crippen molar-refractivity contribution < 1.29 is 23.8 Å². The van der Waals surface area contributed by atoms with Crippen molar-refractivity contribution in [2.24, 2.45) is 5.73 Å². The fourth-order valence-corrected chi connectivity index (χ4v) is 3.82. The number of anilines is 2. The van der Waals surface area contributed by atoms with Gasteiger partial charge in [-0.1, -0.05) is 42.5 Å². The molecule has 0 spiro atoms. The number of benzene rings is 3. The molecular weight excluding hydrogens is 548 g/mol. The highest BCUT2D eigenvalue weighted by Gasteiger charge is 2.13. The molecule has 0 saturated carbocycles. The van der Waals surface area contributed by atoms with Crippen molar-refractivity contribution in [3.8, 4) is 17.4 Å². The molecule has 2 heterocycles. The van der Waals surface area contributed by atoms with Gasteiger partial charge in [-0.05, 0) is 69.2 Å². The second-order valence-corrected chi connectivity index (χ2v) is 10.5. The number of rotatable bonds is 7. The molecule has 0 fully saturated rings. The number of aryl methyl sites for hydroxylation is 1. The number of nitrogens with two attached hydrogens (primary N) is 2. The van der Waals surface area contributed by atoms with E-state index in [9.17, 15) is 9.59 Å². The van der Waals surface area contributed by atoms with Crippen LogP contribution in [0.3, 0.4) is 0 Å². The van der Waals surface area contributed by atoms with E-state index in [2.05, 4.69) is 20.1 Å². The van der Waals surface area contributed by atoms with Crippen LogP contribution in [0.2, 0.25) is 0 Å².